The van der Waals surface area contributed by atoms with E-state index in [0.29, 0.717) is 21.8 Å². The molecule has 0 aromatic heterocycles. The van der Waals surface area contributed by atoms with E-state index < -0.39 is 0 Å². The number of nitrogens with zero attached hydrogens (tertiary/aromatic N) is 1. The van der Waals surface area contributed by atoms with Crippen LogP contribution >= 0.6 is 11.6 Å². The molecule has 1 aliphatic heterocycles. The Hall–Kier alpha value is -3.37. The zero-order valence-electron chi connectivity index (χ0n) is 17.9. The molecule has 1 heterocycles. The molecule has 0 unspecified atom stereocenters. The minimum Gasteiger partial charge on any atom is -0.350 e. The van der Waals surface area contributed by atoms with Crippen molar-refractivity contribution in [1.29, 1.82) is 0 Å². The second-order valence-electron chi connectivity index (χ2n) is 7.87. The Morgan fingerprint density at radius 3 is 2.19 bits per heavy atom. The van der Waals surface area contributed by atoms with Crippen molar-refractivity contribution in [2.45, 2.75) is 27.7 Å². The third-order valence-electron chi connectivity index (χ3n) is 5.68. The average Bonchev–Trinajstić information content (AvgIpc) is 2.97. The average molecular weight is 431 g/mol. The van der Waals surface area contributed by atoms with Crippen molar-refractivity contribution in [3.63, 3.8) is 0 Å². The number of anilines is 2. The first-order valence-electron chi connectivity index (χ1n) is 10.1. The summed E-state index contributed by atoms with van der Waals surface area (Å²) in [7, 11) is 0. The quantitative estimate of drug-likeness (QED) is 0.518. The number of nitrogens with one attached hydrogen (secondary N) is 1. The van der Waals surface area contributed by atoms with E-state index in [1.54, 1.807) is 30.3 Å². The maximum atomic E-state index is 13.6. The number of hydrogen-bond acceptors (Lipinski definition) is 3. The molecule has 1 aliphatic rings. The van der Waals surface area contributed by atoms with Gasteiger partial charge >= 0.3 is 0 Å². The maximum Gasteiger partial charge on any atom is 0.282 e. The Kier molecular flexibility index (Phi) is 5.42. The molecule has 0 bridgehead atoms. The van der Waals surface area contributed by atoms with Gasteiger partial charge in [0.25, 0.3) is 11.8 Å². The van der Waals surface area contributed by atoms with E-state index in [2.05, 4.69) is 5.32 Å². The number of aryl methyl sites for hydroxylation is 3. The van der Waals surface area contributed by atoms with Gasteiger partial charge in [-0.25, -0.2) is 4.90 Å². The Bertz CT molecular complexity index is 1240. The molecule has 2 amide bonds. The van der Waals surface area contributed by atoms with Crippen LogP contribution in [-0.4, -0.2) is 11.8 Å². The SMILES string of the molecule is Cc1ccc(NC2=C(c3ccc(Cl)cc3)C(=O)N(c3cccc(C)c3C)C2=O)c(C)c1. The summed E-state index contributed by atoms with van der Waals surface area (Å²) in [5, 5.41) is 3.81. The van der Waals surface area contributed by atoms with Crippen molar-refractivity contribution >= 4 is 40.4 Å². The molecule has 0 fully saturated rings. The predicted octanol–water partition coefficient (Wildman–Crippen LogP) is 5.97. The first-order valence-corrected chi connectivity index (χ1v) is 10.4. The molecule has 156 valence electrons. The van der Waals surface area contributed by atoms with Gasteiger partial charge in [-0.05, 0) is 74.2 Å². The van der Waals surface area contributed by atoms with Gasteiger partial charge < -0.3 is 5.32 Å². The number of imide groups is 1. The summed E-state index contributed by atoms with van der Waals surface area (Å²) in [5.41, 5.74) is 6.66. The summed E-state index contributed by atoms with van der Waals surface area (Å²) < 4.78 is 0. The fourth-order valence-electron chi connectivity index (χ4n) is 3.82. The topological polar surface area (TPSA) is 49.4 Å². The number of benzene rings is 3. The smallest absolute Gasteiger partial charge is 0.282 e. The van der Waals surface area contributed by atoms with Crippen LogP contribution in [0.4, 0.5) is 11.4 Å². The van der Waals surface area contributed by atoms with Crippen LogP contribution in [0.3, 0.4) is 0 Å². The highest BCUT2D eigenvalue weighted by molar-refractivity contribution is 6.46. The van der Waals surface area contributed by atoms with Gasteiger partial charge in [0.05, 0.1) is 11.3 Å². The summed E-state index contributed by atoms with van der Waals surface area (Å²) in [4.78, 5) is 28.4. The van der Waals surface area contributed by atoms with Gasteiger partial charge in [-0.1, -0.05) is 53.6 Å². The van der Waals surface area contributed by atoms with Crippen molar-refractivity contribution in [2.24, 2.45) is 0 Å². The van der Waals surface area contributed by atoms with E-state index in [4.69, 9.17) is 11.6 Å². The van der Waals surface area contributed by atoms with Crippen molar-refractivity contribution in [3.05, 3.63) is 99.2 Å². The molecule has 31 heavy (non-hydrogen) atoms. The minimum atomic E-state index is -0.372. The zero-order valence-corrected chi connectivity index (χ0v) is 18.7. The molecule has 0 spiro atoms. The van der Waals surface area contributed by atoms with Crippen LogP contribution in [0.25, 0.3) is 5.57 Å². The first kappa shape index (κ1) is 20.9. The maximum absolute atomic E-state index is 13.6. The molecule has 0 saturated heterocycles. The summed E-state index contributed by atoms with van der Waals surface area (Å²) in [5.74, 6) is -0.725. The largest absolute Gasteiger partial charge is 0.350 e. The van der Waals surface area contributed by atoms with E-state index >= 15 is 0 Å². The molecule has 3 aromatic carbocycles. The molecule has 0 aliphatic carbocycles. The van der Waals surface area contributed by atoms with Crippen molar-refractivity contribution < 1.29 is 9.59 Å². The van der Waals surface area contributed by atoms with Crippen molar-refractivity contribution in [1.82, 2.24) is 0 Å². The Morgan fingerprint density at radius 1 is 0.806 bits per heavy atom. The van der Waals surface area contributed by atoms with Crippen LogP contribution in [0, 0.1) is 27.7 Å². The third-order valence-corrected chi connectivity index (χ3v) is 5.93. The van der Waals surface area contributed by atoms with Crippen LogP contribution in [0.5, 0.6) is 0 Å². The predicted molar refractivity (Wildman–Crippen MR) is 126 cm³/mol. The van der Waals surface area contributed by atoms with Crippen molar-refractivity contribution in [2.75, 3.05) is 10.2 Å². The molecule has 4 nitrogen and oxygen atoms in total. The second-order valence-corrected chi connectivity index (χ2v) is 8.30. The molecule has 0 radical (unpaired) electrons. The lowest BCUT2D eigenvalue weighted by Crippen LogP contribution is -2.33. The number of rotatable bonds is 4. The summed E-state index contributed by atoms with van der Waals surface area (Å²) in [6.07, 6.45) is 0. The van der Waals surface area contributed by atoms with E-state index in [9.17, 15) is 9.59 Å². The van der Waals surface area contributed by atoms with Gasteiger partial charge in [0.15, 0.2) is 0 Å². The normalized spacial score (nSPS) is 13.9. The molecular weight excluding hydrogens is 408 g/mol. The number of halogens is 1. The fourth-order valence-corrected chi connectivity index (χ4v) is 3.94. The highest BCUT2D eigenvalue weighted by atomic mass is 35.5. The van der Waals surface area contributed by atoms with Crippen LogP contribution < -0.4 is 10.2 Å². The molecule has 1 N–H and O–H groups in total. The molecule has 5 heteroatoms. The van der Waals surface area contributed by atoms with Gasteiger partial charge in [0, 0.05) is 10.7 Å². The van der Waals surface area contributed by atoms with Crippen LogP contribution in [0.2, 0.25) is 5.02 Å². The molecule has 0 saturated carbocycles. The lowest BCUT2D eigenvalue weighted by Gasteiger charge is -2.19. The fraction of sp³-hybridized carbons (Fsp3) is 0.154. The lowest BCUT2D eigenvalue weighted by atomic mass is 10.0. The molecular formula is C26H23ClN2O2. The standard InChI is InChI=1S/C26H23ClN2O2/c1-15-8-13-21(17(3)14-15)28-24-23(19-9-11-20(27)12-10-19)25(30)29(26(24)31)22-7-5-6-16(2)18(22)4/h5-14,28H,1-4H3. The second kappa shape index (κ2) is 8.05. The number of amides is 2. The number of carbonyl (C=O) groups is 2. The van der Waals surface area contributed by atoms with E-state index in [1.807, 2.05) is 58.0 Å². The number of hydrogen-bond donors (Lipinski definition) is 1. The van der Waals surface area contributed by atoms with E-state index in [-0.39, 0.29) is 17.5 Å². The van der Waals surface area contributed by atoms with Crippen LogP contribution in [-0.2, 0) is 9.59 Å². The lowest BCUT2D eigenvalue weighted by molar-refractivity contribution is -0.120. The monoisotopic (exact) mass is 430 g/mol. The van der Waals surface area contributed by atoms with Gasteiger partial charge in [-0.15, -0.1) is 0 Å². The van der Waals surface area contributed by atoms with Gasteiger partial charge in [-0.3, -0.25) is 9.59 Å². The first-order chi connectivity index (χ1) is 14.8. The van der Waals surface area contributed by atoms with E-state index in [0.717, 1.165) is 27.9 Å². The highest BCUT2D eigenvalue weighted by Crippen LogP contribution is 2.36. The van der Waals surface area contributed by atoms with Gasteiger partial charge in [0.2, 0.25) is 0 Å². The molecule has 0 atom stereocenters. The summed E-state index contributed by atoms with van der Waals surface area (Å²) in [6, 6.07) is 18.5. The van der Waals surface area contributed by atoms with Gasteiger partial charge in [0.1, 0.15) is 5.70 Å². The van der Waals surface area contributed by atoms with Gasteiger partial charge in [-0.2, -0.15) is 0 Å². The molecule has 3 aromatic rings. The minimum absolute atomic E-state index is 0.264. The molecule has 4 rings (SSSR count). The summed E-state index contributed by atoms with van der Waals surface area (Å²) >= 11 is 6.05. The summed E-state index contributed by atoms with van der Waals surface area (Å²) in [6.45, 7) is 7.87. The third kappa shape index (κ3) is 3.75. The zero-order chi connectivity index (χ0) is 22.3. The van der Waals surface area contributed by atoms with Crippen LogP contribution in [0.15, 0.2) is 66.4 Å². The number of carbonyl (C=O) groups excluding carboxylic acids is 2. The Morgan fingerprint density at radius 2 is 1.52 bits per heavy atom. The van der Waals surface area contributed by atoms with E-state index in [1.165, 1.54) is 4.90 Å². The highest BCUT2D eigenvalue weighted by Gasteiger charge is 2.41. The van der Waals surface area contributed by atoms with Crippen LogP contribution in [0.1, 0.15) is 27.8 Å². The van der Waals surface area contributed by atoms with Crippen molar-refractivity contribution in [3.8, 4) is 0 Å². The Labute approximate surface area is 187 Å². The Balaban J connectivity index is 1.87.